The van der Waals surface area contributed by atoms with Gasteiger partial charge in [0.25, 0.3) is 5.91 Å². The molecule has 1 unspecified atom stereocenters. The van der Waals surface area contributed by atoms with Crippen molar-refractivity contribution in [3.05, 3.63) is 29.8 Å². The highest BCUT2D eigenvalue weighted by Gasteiger charge is 2.18. The second-order valence-corrected chi connectivity index (χ2v) is 5.57. The van der Waals surface area contributed by atoms with Crippen LogP contribution in [0.3, 0.4) is 0 Å². The van der Waals surface area contributed by atoms with Crippen molar-refractivity contribution in [3.63, 3.8) is 0 Å². The molecule has 1 heterocycles. The van der Waals surface area contributed by atoms with Gasteiger partial charge >= 0.3 is 0 Å². The summed E-state index contributed by atoms with van der Waals surface area (Å²) in [5.41, 5.74) is 1.65. The van der Waals surface area contributed by atoms with Crippen LogP contribution in [0.25, 0.3) is 0 Å². The van der Waals surface area contributed by atoms with Gasteiger partial charge in [-0.25, -0.2) is 0 Å². The van der Waals surface area contributed by atoms with Crippen molar-refractivity contribution in [2.24, 2.45) is 0 Å². The maximum atomic E-state index is 11.7. The number of rotatable bonds is 6. The van der Waals surface area contributed by atoms with E-state index in [1.54, 1.807) is 12.1 Å². The van der Waals surface area contributed by atoms with Crippen LogP contribution in [0, 0.1) is 0 Å². The van der Waals surface area contributed by atoms with Crippen LogP contribution in [0.15, 0.2) is 24.3 Å². The fourth-order valence-corrected chi connectivity index (χ4v) is 2.65. The van der Waals surface area contributed by atoms with Crippen molar-refractivity contribution < 1.29 is 9.90 Å². The van der Waals surface area contributed by atoms with E-state index in [2.05, 4.69) is 22.6 Å². The summed E-state index contributed by atoms with van der Waals surface area (Å²) in [6.07, 6.45) is 3.84. The van der Waals surface area contributed by atoms with E-state index in [0.717, 1.165) is 12.2 Å². The molecule has 0 radical (unpaired) electrons. The minimum atomic E-state index is -0.150. The molecule has 1 saturated heterocycles. The molecule has 5 nitrogen and oxygen atoms in total. The Balaban J connectivity index is 1.83. The molecule has 1 aliphatic rings. The van der Waals surface area contributed by atoms with Crippen LogP contribution >= 0.6 is 0 Å². The van der Waals surface area contributed by atoms with Crippen molar-refractivity contribution in [1.29, 1.82) is 0 Å². The first-order chi connectivity index (χ1) is 10.2. The van der Waals surface area contributed by atoms with Crippen molar-refractivity contribution >= 4 is 11.6 Å². The van der Waals surface area contributed by atoms with E-state index in [1.807, 2.05) is 12.1 Å². The molecule has 0 bridgehead atoms. The first-order valence-corrected chi connectivity index (χ1v) is 7.64. The van der Waals surface area contributed by atoms with Gasteiger partial charge in [-0.3, -0.25) is 4.79 Å². The lowest BCUT2D eigenvalue weighted by molar-refractivity contribution is 0.0945. The number of piperidine rings is 1. The van der Waals surface area contributed by atoms with E-state index < -0.39 is 0 Å². The molecule has 1 atom stereocenters. The molecule has 3 N–H and O–H groups in total. The molecular weight excluding hydrogens is 266 g/mol. The summed E-state index contributed by atoms with van der Waals surface area (Å²) in [4.78, 5) is 14.1. The highest BCUT2D eigenvalue weighted by atomic mass is 16.3. The fraction of sp³-hybridized carbons (Fsp3) is 0.562. The molecule has 1 fully saturated rings. The van der Waals surface area contributed by atoms with Crippen molar-refractivity contribution in [1.82, 2.24) is 10.2 Å². The third kappa shape index (κ3) is 4.72. The van der Waals surface area contributed by atoms with Gasteiger partial charge < -0.3 is 20.6 Å². The van der Waals surface area contributed by atoms with E-state index in [4.69, 9.17) is 5.11 Å². The van der Waals surface area contributed by atoms with Crippen molar-refractivity contribution in [2.75, 3.05) is 38.6 Å². The van der Waals surface area contributed by atoms with Crippen LogP contribution in [-0.4, -0.2) is 55.2 Å². The average molecular weight is 291 g/mol. The minimum Gasteiger partial charge on any atom is -0.395 e. The number of amides is 1. The van der Waals surface area contributed by atoms with Crippen LogP contribution in [-0.2, 0) is 0 Å². The zero-order chi connectivity index (χ0) is 15.1. The number of carbonyl (C=O) groups excluding carboxylic acids is 1. The Kier molecular flexibility index (Phi) is 6.02. The fourth-order valence-electron chi connectivity index (χ4n) is 2.65. The zero-order valence-corrected chi connectivity index (χ0v) is 12.6. The normalized spacial score (nSPS) is 19.2. The Morgan fingerprint density at radius 1 is 1.33 bits per heavy atom. The third-order valence-electron chi connectivity index (χ3n) is 4.01. The van der Waals surface area contributed by atoms with E-state index >= 15 is 0 Å². The van der Waals surface area contributed by atoms with E-state index in [-0.39, 0.29) is 19.1 Å². The highest BCUT2D eigenvalue weighted by molar-refractivity contribution is 5.94. The molecule has 21 heavy (non-hydrogen) atoms. The maximum Gasteiger partial charge on any atom is 0.251 e. The van der Waals surface area contributed by atoms with Crippen molar-refractivity contribution in [3.8, 4) is 0 Å². The molecule has 2 rings (SSSR count). The molecule has 1 aromatic rings. The average Bonchev–Trinajstić information content (AvgIpc) is 2.52. The molecule has 5 heteroatoms. The highest BCUT2D eigenvalue weighted by Crippen LogP contribution is 2.16. The Morgan fingerprint density at radius 2 is 2.10 bits per heavy atom. The van der Waals surface area contributed by atoms with Gasteiger partial charge in [0.1, 0.15) is 0 Å². The second-order valence-electron chi connectivity index (χ2n) is 5.57. The van der Waals surface area contributed by atoms with Crippen LogP contribution in [0.5, 0.6) is 0 Å². The number of likely N-dealkylation sites (N-methyl/N-ethyl adjacent to an activating group) is 1. The Labute approximate surface area is 126 Å². The number of benzene rings is 1. The third-order valence-corrected chi connectivity index (χ3v) is 4.01. The first kappa shape index (κ1) is 15.8. The van der Waals surface area contributed by atoms with Crippen LogP contribution in [0.1, 0.15) is 29.6 Å². The van der Waals surface area contributed by atoms with Gasteiger partial charge in [0.2, 0.25) is 0 Å². The lowest BCUT2D eigenvalue weighted by atomic mass is 10.0. The summed E-state index contributed by atoms with van der Waals surface area (Å²) in [5, 5.41) is 14.8. The predicted octanol–water partition coefficient (Wildman–Crippen LogP) is 1.30. The molecule has 1 aliphatic heterocycles. The predicted molar refractivity (Wildman–Crippen MR) is 84.6 cm³/mol. The summed E-state index contributed by atoms with van der Waals surface area (Å²) in [6.45, 7) is 2.36. The number of likely N-dealkylation sites (tertiary alicyclic amines) is 1. The smallest absolute Gasteiger partial charge is 0.251 e. The van der Waals surface area contributed by atoms with Crippen LogP contribution < -0.4 is 10.6 Å². The van der Waals surface area contributed by atoms with Gasteiger partial charge in [0.15, 0.2) is 0 Å². The standard InChI is InChI=1S/C16H25N3O2/c1-19-10-3-2-4-15(19)12-18-14-7-5-13(6-8-14)16(21)17-9-11-20/h5-8,15,18,20H,2-4,9-12H2,1H3,(H,17,21). The zero-order valence-electron chi connectivity index (χ0n) is 12.6. The van der Waals surface area contributed by atoms with E-state index in [1.165, 1.54) is 25.8 Å². The number of hydrogen-bond donors (Lipinski definition) is 3. The van der Waals surface area contributed by atoms with Crippen LogP contribution in [0.4, 0.5) is 5.69 Å². The SMILES string of the molecule is CN1CCCCC1CNc1ccc(C(=O)NCCO)cc1. The number of nitrogens with one attached hydrogen (secondary N) is 2. The number of aliphatic hydroxyl groups is 1. The summed E-state index contributed by atoms with van der Waals surface area (Å²) in [7, 11) is 2.18. The Morgan fingerprint density at radius 3 is 2.76 bits per heavy atom. The molecule has 0 spiro atoms. The number of aliphatic hydroxyl groups excluding tert-OH is 1. The van der Waals surface area contributed by atoms with Gasteiger partial charge in [-0.05, 0) is 50.7 Å². The molecule has 116 valence electrons. The minimum absolute atomic E-state index is 0.0414. The Bertz CT molecular complexity index is 447. The number of nitrogens with zero attached hydrogens (tertiary/aromatic N) is 1. The summed E-state index contributed by atoms with van der Waals surface area (Å²) in [6, 6.07) is 8.05. The summed E-state index contributed by atoms with van der Waals surface area (Å²) < 4.78 is 0. The van der Waals surface area contributed by atoms with Crippen LogP contribution in [0.2, 0.25) is 0 Å². The van der Waals surface area contributed by atoms with E-state index in [9.17, 15) is 4.79 Å². The number of hydrogen-bond acceptors (Lipinski definition) is 4. The lowest BCUT2D eigenvalue weighted by Crippen LogP contribution is -2.40. The van der Waals surface area contributed by atoms with Gasteiger partial charge in [0.05, 0.1) is 6.61 Å². The quantitative estimate of drug-likeness (QED) is 0.739. The molecular formula is C16H25N3O2. The molecule has 1 aromatic carbocycles. The van der Waals surface area contributed by atoms with Gasteiger partial charge in [-0.1, -0.05) is 6.42 Å². The van der Waals surface area contributed by atoms with Crippen molar-refractivity contribution in [2.45, 2.75) is 25.3 Å². The van der Waals surface area contributed by atoms with E-state index in [0.29, 0.717) is 11.6 Å². The second kappa shape index (κ2) is 8.00. The molecule has 0 aliphatic carbocycles. The molecule has 1 amide bonds. The number of anilines is 1. The monoisotopic (exact) mass is 291 g/mol. The van der Waals surface area contributed by atoms with Gasteiger partial charge in [-0.15, -0.1) is 0 Å². The Hall–Kier alpha value is -1.59. The molecule has 0 aromatic heterocycles. The topological polar surface area (TPSA) is 64.6 Å². The number of carbonyl (C=O) groups is 1. The van der Waals surface area contributed by atoms with Gasteiger partial charge in [-0.2, -0.15) is 0 Å². The maximum absolute atomic E-state index is 11.7. The largest absolute Gasteiger partial charge is 0.395 e. The summed E-state index contributed by atoms with van der Waals surface area (Å²) in [5.74, 6) is -0.150. The lowest BCUT2D eigenvalue weighted by Gasteiger charge is -2.32. The van der Waals surface area contributed by atoms with Gasteiger partial charge in [0, 0.05) is 30.4 Å². The molecule has 0 saturated carbocycles. The first-order valence-electron chi connectivity index (χ1n) is 7.64. The summed E-state index contributed by atoms with van der Waals surface area (Å²) >= 11 is 0.